The molecule has 0 saturated carbocycles. The minimum absolute atomic E-state index is 0.0435. The maximum Gasteiger partial charge on any atom is 0.233 e. The highest BCUT2D eigenvalue weighted by atomic mass is 32.2. The van der Waals surface area contributed by atoms with Gasteiger partial charge in [-0.2, -0.15) is 0 Å². The number of nitrogens with zero attached hydrogens (tertiary/aromatic N) is 4. The van der Waals surface area contributed by atoms with Crippen LogP contribution in [0.4, 0.5) is 5.82 Å². The summed E-state index contributed by atoms with van der Waals surface area (Å²) in [6.45, 7) is 3.58. The highest BCUT2D eigenvalue weighted by Crippen LogP contribution is 2.43. The predicted octanol–water partition coefficient (Wildman–Crippen LogP) is 1.40. The van der Waals surface area contributed by atoms with Crippen molar-refractivity contribution in [3.05, 3.63) is 47.9 Å². The molecule has 0 radical (unpaired) electrons. The molecule has 4 heterocycles. The van der Waals surface area contributed by atoms with Gasteiger partial charge < -0.3 is 29.4 Å². The van der Waals surface area contributed by atoms with E-state index in [0.29, 0.717) is 22.5 Å². The smallest absolute Gasteiger partial charge is 0.233 e. The Kier molecular flexibility index (Phi) is 6.87. The van der Waals surface area contributed by atoms with Crippen molar-refractivity contribution >= 4 is 33.1 Å². The summed E-state index contributed by atoms with van der Waals surface area (Å²) >= 11 is 0. The van der Waals surface area contributed by atoms with E-state index in [0.717, 1.165) is 5.41 Å². The Morgan fingerprint density at radius 1 is 1.19 bits per heavy atom. The number of nitrogens with one attached hydrogen (secondary N) is 1. The number of benzene rings is 1. The van der Waals surface area contributed by atoms with Crippen molar-refractivity contribution in [1.29, 1.82) is 0 Å². The van der Waals surface area contributed by atoms with Crippen LogP contribution in [0.15, 0.2) is 42.3 Å². The third-order valence-corrected chi connectivity index (χ3v) is 7.01. The van der Waals surface area contributed by atoms with Crippen LogP contribution in [0.25, 0.3) is 17.2 Å². The Morgan fingerprint density at radius 2 is 1.97 bits per heavy atom. The fourth-order valence-corrected chi connectivity index (χ4v) is 5.20. The lowest BCUT2D eigenvalue weighted by molar-refractivity contribution is -0.195. The van der Waals surface area contributed by atoms with E-state index in [1.54, 1.807) is 49.0 Å². The van der Waals surface area contributed by atoms with Gasteiger partial charge in [-0.15, -0.1) is 0 Å². The number of fused-ring (bicyclic) bond motifs is 2. The zero-order chi connectivity index (χ0) is 26.2. The largest absolute Gasteiger partial charge is 0.467 e. The summed E-state index contributed by atoms with van der Waals surface area (Å²) in [4.78, 5) is 12.5. The highest BCUT2D eigenvalue weighted by molar-refractivity contribution is 7.92. The van der Waals surface area contributed by atoms with E-state index < -0.39 is 40.4 Å². The molecule has 0 amide bonds. The molecule has 2 saturated heterocycles. The first-order valence-corrected chi connectivity index (χ1v) is 13.0. The van der Waals surface area contributed by atoms with E-state index in [1.165, 1.54) is 19.5 Å². The van der Waals surface area contributed by atoms with Crippen LogP contribution in [0.1, 0.15) is 25.6 Å². The zero-order valence-corrected chi connectivity index (χ0v) is 21.3. The molecule has 1 unspecified atom stereocenters. The molecule has 1 aromatic carbocycles. The van der Waals surface area contributed by atoms with Crippen LogP contribution < -0.4 is 15.2 Å². The second-order valence-corrected chi connectivity index (χ2v) is 10.6. The summed E-state index contributed by atoms with van der Waals surface area (Å²) in [6.07, 6.45) is 1.97. The van der Waals surface area contributed by atoms with Gasteiger partial charge in [0.2, 0.25) is 10.0 Å². The number of ether oxygens (including phenoxy) is 5. The van der Waals surface area contributed by atoms with Gasteiger partial charge in [0.25, 0.3) is 0 Å². The second-order valence-electron chi connectivity index (χ2n) is 9.00. The zero-order valence-electron chi connectivity index (χ0n) is 20.5. The SMILES string of the molecule is COCOc1ccccc1/C=C/S(=O)(=O)NC[C@H]1O[C@@H](n2cnc3c(N)ncnc32)C2OC(C)(C)O[C@H]21. The number of anilines is 1. The average Bonchev–Trinajstić information content (AvgIpc) is 3.52. The number of sulfonamides is 1. The lowest BCUT2D eigenvalue weighted by Gasteiger charge is -2.24. The topological polar surface area (TPSA) is 162 Å². The molecule has 0 aliphatic carbocycles. The molecule has 14 heteroatoms. The predicted molar refractivity (Wildman–Crippen MR) is 132 cm³/mol. The first kappa shape index (κ1) is 25.5. The fraction of sp³-hybridized carbons (Fsp3) is 0.435. The molecule has 2 fully saturated rings. The number of imidazole rings is 1. The summed E-state index contributed by atoms with van der Waals surface area (Å²) in [5.41, 5.74) is 7.42. The summed E-state index contributed by atoms with van der Waals surface area (Å²) in [7, 11) is -2.32. The van der Waals surface area contributed by atoms with E-state index in [2.05, 4.69) is 19.7 Å². The van der Waals surface area contributed by atoms with Gasteiger partial charge in [-0.25, -0.2) is 28.1 Å². The standard InChI is InChI=1S/C23H28N6O7S/c1-23(2)35-18-16(10-28-37(30,31)9-8-14-6-4-5-7-15(14)33-13-32-3)34-22(19(18)36-23)29-12-27-17-20(24)25-11-26-21(17)29/h4-9,11-12,16,18-19,22,28H,10,13H2,1-3H3,(H2,24,25,26)/b9-8+/t16-,18+,19?,22-/m1/s1. The molecule has 13 nitrogen and oxygen atoms in total. The number of rotatable bonds is 9. The fourth-order valence-electron chi connectivity index (χ4n) is 4.38. The molecule has 3 N–H and O–H groups in total. The van der Waals surface area contributed by atoms with Crippen LogP contribution in [-0.4, -0.2) is 72.5 Å². The molecule has 2 aliphatic rings. The Labute approximate surface area is 213 Å². The van der Waals surface area contributed by atoms with Crippen LogP contribution in [0, 0.1) is 0 Å². The van der Waals surface area contributed by atoms with E-state index >= 15 is 0 Å². The maximum absolute atomic E-state index is 12.8. The van der Waals surface area contributed by atoms with Crippen molar-refractivity contribution in [3.63, 3.8) is 0 Å². The minimum Gasteiger partial charge on any atom is -0.467 e. The van der Waals surface area contributed by atoms with Gasteiger partial charge in [-0.3, -0.25) is 4.57 Å². The molecular weight excluding hydrogens is 504 g/mol. The summed E-state index contributed by atoms with van der Waals surface area (Å²) in [5, 5.41) is 1.07. The van der Waals surface area contributed by atoms with Gasteiger partial charge in [-0.05, 0) is 26.0 Å². The molecule has 198 valence electrons. The minimum atomic E-state index is -3.82. The van der Waals surface area contributed by atoms with Crippen molar-refractivity contribution in [3.8, 4) is 5.75 Å². The van der Waals surface area contributed by atoms with Gasteiger partial charge >= 0.3 is 0 Å². The molecular formula is C23H28N6O7S. The first-order chi connectivity index (χ1) is 17.7. The summed E-state index contributed by atoms with van der Waals surface area (Å²) in [6, 6.07) is 7.03. The molecule has 37 heavy (non-hydrogen) atoms. The molecule has 0 spiro atoms. The number of aromatic nitrogens is 4. The van der Waals surface area contributed by atoms with E-state index in [-0.39, 0.29) is 19.2 Å². The van der Waals surface area contributed by atoms with Gasteiger partial charge in [0.1, 0.15) is 35.9 Å². The average molecular weight is 533 g/mol. The van der Waals surface area contributed by atoms with Crippen molar-refractivity contribution in [2.45, 2.75) is 44.2 Å². The van der Waals surface area contributed by atoms with E-state index in [9.17, 15) is 8.42 Å². The lowest BCUT2D eigenvalue weighted by atomic mass is 10.1. The van der Waals surface area contributed by atoms with Gasteiger partial charge in [-0.1, -0.05) is 18.2 Å². The van der Waals surface area contributed by atoms with Gasteiger partial charge in [0, 0.05) is 24.6 Å². The van der Waals surface area contributed by atoms with Gasteiger partial charge in [0.05, 0.1) is 6.33 Å². The Morgan fingerprint density at radius 3 is 2.78 bits per heavy atom. The third kappa shape index (κ3) is 5.30. The summed E-state index contributed by atoms with van der Waals surface area (Å²) < 4.78 is 58.7. The maximum atomic E-state index is 12.8. The van der Waals surface area contributed by atoms with Crippen LogP contribution in [-0.2, 0) is 29.0 Å². The molecule has 5 rings (SSSR count). The van der Waals surface area contributed by atoms with Crippen molar-refractivity contribution in [2.24, 2.45) is 0 Å². The number of hydrogen-bond acceptors (Lipinski definition) is 11. The van der Waals surface area contributed by atoms with Crippen LogP contribution >= 0.6 is 0 Å². The summed E-state index contributed by atoms with van der Waals surface area (Å²) in [5.74, 6) is -0.145. The number of methoxy groups -OCH3 is 1. The Hall–Kier alpha value is -3.14. The molecule has 0 bridgehead atoms. The molecule has 4 atom stereocenters. The number of nitrogen functional groups attached to an aromatic ring is 1. The number of nitrogens with two attached hydrogens (primary N) is 1. The number of hydrogen-bond donors (Lipinski definition) is 2. The Balaban J connectivity index is 1.32. The van der Waals surface area contributed by atoms with Gasteiger partial charge in [0.15, 0.2) is 30.3 Å². The lowest BCUT2D eigenvalue weighted by Crippen LogP contribution is -2.39. The second kappa shape index (κ2) is 9.96. The molecule has 2 aromatic heterocycles. The third-order valence-electron chi connectivity index (χ3n) is 5.95. The first-order valence-electron chi connectivity index (χ1n) is 11.5. The van der Waals surface area contributed by atoms with E-state index in [4.69, 9.17) is 29.4 Å². The Bertz CT molecular complexity index is 1410. The van der Waals surface area contributed by atoms with E-state index in [1.807, 2.05) is 0 Å². The highest BCUT2D eigenvalue weighted by Gasteiger charge is 2.56. The van der Waals surface area contributed by atoms with Crippen molar-refractivity contribution in [2.75, 3.05) is 26.2 Å². The van der Waals surface area contributed by atoms with Crippen LogP contribution in [0.2, 0.25) is 0 Å². The number of para-hydroxylation sites is 1. The normalized spacial score (nSPS) is 25.2. The van der Waals surface area contributed by atoms with Crippen LogP contribution in [0.5, 0.6) is 5.75 Å². The van der Waals surface area contributed by atoms with Crippen molar-refractivity contribution in [1.82, 2.24) is 24.2 Å². The molecule has 3 aromatic rings. The monoisotopic (exact) mass is 532 g/mol. The quantitative estimate of drug-likeness (QED) is 0.383. The van der Waals surface area contributed by atoms with Crippen LogP contribution in [0.3, 0.4) is 0 Å². The van der Waals surface area contributed by atoms with Crippen molar-refractivity contribution < 1.29 is 32.1 Å². The molecule has 2 aliphatic heterocycles.